The van der Waals surface area contributed by atoms with Gasteiger partial charge in [-0.3, -0.25) is 23.1 Å². The van der Waals surface area contributed by atoms with E-state index in [9.17, 15) is 38.5 Å². The van der Waals surface area contributed by atoms with Crippen molar-refractivity contribution < 1.29 is 52.7 Å². The Balaban J connectivity index is 2.03. The molecule has 0 spiro atoms. The Kier molecular flexibility index (Phi) is 7.24. The van der Waals surface area contributed by atoms with E-state index in [4.69, 9.17) is 14.5 Å². The molecule has 28 heavy (non-hydrogen) atoms. The lowest BCUT2D eigenvalue weighted by Crippen LogP contribution is -2.35. The smallest absolute Gasteiger partial charge is 0.337 e. The average Bonchev–Trinajstić information content (AvgIpc) is 2.78. The Bertz CT molecular complexity index is 896. The van der Waals surface area contributed by atoms with Gasteiger partial charge in [0.15, 0.2) is 6.23 Å². The summed E-state index contributed by atoms with van der Waals surface area (Å²) in [6.45, 7) is -0.792. The molecule has 1 aliphatic heterocycles. The molecular formula is C12H20NO12P3. The van der Waals surface area contributed by atoms with E-state index in [-0.39, 0.29) is 0 Å². The van der Waals surface area contributed by atoms with Crippen LogP contribution in [0, 0.1) is 0 Å². The van der Waals surface area contributed by atoms with Crippen LogP contribution in [0.25, 0.3) is 0 Å². The second-order valence-electron chi connectivity index (χ2n) is 6.22. The molecule has 0 bridgehead atoms. The van der Waals surface area contributed by atoms with Crippen LogP contribution >= 0.6 is 22.6 Å². The lowest BCUT2D eigenvalue weighted by molar-refractivity contribution is -0.0517. The van der Waals surface area contributed by atoms with E-state index < -0.39 is 71.1 Å². The minimum atomic E-state index is -4.91. The Morgan fingerprint density at radius 3 is 2.25 bits per heavy atom. The average molecular weight is 463 g/mol. The zero-order valence-electron chi connectivity index (χ0n) is 14.2. The molecule has 0 saturated carbocycles. The van der Waals surface area contributed by atoms with E-state index in [2.05, 4.69) is 4.52 Å². The van der Waals surface area contributed by atoms with Crippen LogP contribution < -0.4 is 5.56 Å². The van der Waals surface area contributed by atoms with Gasteiger partial charge in [-0.2, -0.15) is 0 Å². The van der Waals surface area contributed by atoms with E-state index in [1.54, 1.807) is 0 Å². The Morgan fingerprint density at radius 2 is 1.68 bits per heavy atom. The van der Waals surface area contributed by atoms with Crippen molar-refractivity contribution in [1.82, 2.24) is 4.57 Å². The topological polar surface area (TPSA) is 213 Å². The van der Waals surface area contributed by atoms with Crippen molar-refractivity contribution in [1.29, 1.82) is 0 Å². The number of hydrogen-bond donors (Lipinski definition) is 6. The maximum atomic E-state index is 12.0. The van der Waals surface area contributed by atoms with Crippen LogP contribution in [0.1, 0.15) is 6.23 Å². The third kappa shape index (κ3) is 6.41. The summed E-state index contributed by atoms with van der Waals surface area (Å²) in [4.78, 5) is 48.4. The third-order valence-electron chi connectivity index (χ3n) is 3.71. The van der Waals surface area contributed by atoms with Gasteiger partial charge in [-0.25, -0.2) is 0 Å². The number of aliphatic hydroxyl groups excluding tert-OH is 2. The molecule has 2 rings (SSSR count). The summed E-state index contributed by atoms with van der Waals surface area (Å²) < 4.78 is 45.4. The first-order valence-corrected chi connectivity index (χ1v) is 13.3. The molecule has 1 aliphatic rings. The quantitative estimate of drug-likeness (QED) is 0.257. The van der Waals surface area contributed by atoms with Gasteiger partial charge < -0.3 is 39.0 Å². The fraction of sp³-hybridized carbons (Fsp3) is 0.583. The van der Waals surface area contributed by atoms with Crippen molar-refractivity contribution in [3.8, 4) is 0 Å². The Hall–Kier alpha value is -0.680. The lowest BCUT2D eigenvalue weighted by atomic mass is 10.1. The minimum absolute atomic E-state index is 0.535. The van der Waals surface area contributed by atoms with E-state index in [1.165, 1.54) is 24.4 Å². The second-order valence-corrected chi connectivity index (χ2v) is 13.0. The normalized spacial score (nSPS) is 29.9. The van der Waals surface area contributed by atoms with Gasteiger partial charge in [0, 0.05) is 12.3 Å². The van der Waals surface area contributed by atoms with Crippen molar-refractivity contribution in [2.75, 3.05) is 18.4 Å². The first-order valence-electron chi connectivity index (χ1n) is 7.71. The summed E-state index contributed by atoms with van der Waals surface area (Å²) >= 11 is 0. The van der Waals surface area contributed by atoms with Gasteiger partial charge in [0.25, 0.3) is 5.56 Å². The number of rotatable bonds is 8. The molecule has 2 heterocycles. The van der Waals surface area contributed by atoms with E-state index in [1.807, 2.05) is 0 Å². The van der Waals surface area contributed by atoms with E-state index in [0.717, 1.165) is 4.57 Å². The van der Waals surface area contributed by atoms with Crippen LogP contribution in [-0.4, -0.2) is 71.1 Å². The van der Waals surface area contributed by atoms with Gasteiger partial charge in [-0.15, -0.1) is 0 Å². The number of pyridine rings is 1. The van der Waals surface area contributed by atoms with Gasteiger partial charge in [-0.05, 0) is 6.07 Å². The van der Waals surface area contributed by atoms with Crippen molar-refractivity contribution in [3.05, 3.63) is 34.7 Å². The Labute approximate surface area is 158 Å². The highest BCUT2D eigenvalue weighted by atomic mass is 31.3. The molecule has 2 unspecified atom stereocenters. The molecule has 0 amide bonds. The maximum Gasteiger partial charge on any atom is 0.337 e. The van der Waals surface area contributed by atoms with Gasteiger partial charge in [-0.1, -0.05) is 6.07 Å². The highest BCUT2D eigenvalue weighted by Gasteiger charge is 2.45. The summed E-state index contributed by atoms with van der Waals surface area (Å²) in [6, 6.07) is 4.12. The van der Waals surface area contributed by atoms with Crippen molar-refractivity contribution in [2.45, 2.75) is 24.5 Å². The summed E-state index contributed by atoms with van der Waals surface area (Å²) in [5, 5.41) is 20.1. The molecule has 13 nitrogen and oxygen atoms in total. The SMILES string of the molecule is O=c1ccccn1[C@@H]1O[C@H](COP(=O)(O)CP(=O)(O)CP(=O)(O)O)[C@@H](O)[C@H]1O. The van der Waals surface area contributed by atoms with Crippen LogP contribution in [-0.2, 0) is 23.0 Å². The number of ether oxygens (including phenoxy) is 1. The molecule has 0 aliphatic carbocycles. The fourth-order valence-electron chi connectivity index (χ4n) is 2.59. The Morgan fingerprint density at radius 1 is 1.04 bits per heavy atom. The molecule has 6 atom stereocenters. The molecule has 1 fully saturated rings. The van der Waals surface area contributed by atoms with Crippen LogP contribution in [0.2, 0.25) is 0 Å². The zero-order chi connectivity index (χ0) is 21.3. The van der Waals surface area contributed by atoms with E-state index >= 15 is 0 Å². The molecule has 1 aromatic heterocycles. The number of aromatic nitrogens is 1. The predicted octanol–water partition coefficient (Wildman–Crippen LogP) is -0.967. The van der Waals surface area contributed by atoms with Gasteiger partial charge in [0.1, 0.15) is 30.1 Å². The summed E-state index contributed by atoms with van der Waals surface area (Å²) in [7, 11) is -14.4. The highest BCUT2D eigenvalue weighted by molar-refractivity contribution is 7.79. The minimum Gasteiger partial charge on any atom is -0.387 e. The molecule has 6 N–H and O–H groups in total. The van der Waals surface area contributed by atoms with Crippen LogP contribution in [0.15, 0.2) is 29.2 Å². The molecule has 160 valence electrons. The van der Waals surface area contributed by atoms with Gasteiger partial charge >= 0.3 is 15.2 Å². The molecule has 1 aromatic rings. The van der Waals surface area contributed by atoms with Gasteiger partial charge in [0.05, 0.1) is 6.61 Å². The summed E-state index contributed by atoms with van der Waals surface area (Å²) in [5.41, 5.74) is -0.535. The number of hydrogen-bond acceptors (Lipinski definition) is 8. The monoisotopic (exact) mass is 463 g/mol. The molecular weight excluding hydrogens is 443 g/mol. The zero-order valence-corrected chi connectivity index (χ0v) is 16.8. The van der Waals surface area contributed by atoms with Crippen molar-refractivity contribution >= 4 is 22.6 Å². The first-order chi connectivity index (χ1) is 12.7. The van der Waals surface area contributed by atoms with Crippen LogP contribution in [0.5, 0.6) is 0 Å². The van der Waals surface area contributed by atoms with Crippen LogP contribution in [0.3, 0.4) is 0 Å². The summed E-state index contributed by atoms with van der Waals surface area (Å²) in [5.74, 6) is -2.91. The van der Waals surface area contributed by atoms with Crippen LogP contribution in [0.4, 0.5) is 0 Å². The predicted molar refractivity (Wildman–Crippen MR) is 94.0 cm³/mol. The number of aliphatic hydroxyl groups is 2. The first kappa shape index (κ1) is 23.6. The molecule has 1 saturated heterocycles. The van der Waals surface area contributed by atoms with Crippen molar-refractivity contribution in [3.63, 3.8) is 0 Å². The maximum absolute atomic E-state index is 12.0. The van der Waals surface area contributed by atoms with Crippen molar-refractivity contribution in [2.24, 2.45) is 0 Å². The second kappa shape index (κ2) is 8.59. The molecule has 0 aromatic carbocycles. The molecule has 0 radical (unpaired) electrons. The third-order valence-corrected chi connectivity index (χ3v) is 10.7. The molecule has 16 heteroatoms. The number of nitrogens with zero attached hydrogens (tertiary/aromatic N) is 1. The standard InChI is InChI=1S/C12H20NO12P3/c14-9-3-1-2-4-13(9)12-11(16)10(15)8(25-12)5-24-28(22,23)7-26(17,18)6-27(19,20)21/h1-4,8,10-12,15-16H,5-7H2,(H,17,18)(H,22,23)(H2,19,20,21)/t8-,10-,11-,12-/m1/s1. The van der Waals surface area contributed by atoms with E-state index in [0.29, 0.717) is 0 Å². The largest absolute Gasteiger partial charge is 0.387 e. The van der Waals surface area contributed by atoms with Gasteiger partial charge in [0.2, 0.25) is 7.37 Å². The highest BCUT2D eigenvalue weighted by Crippen LogP contribution is 2.63. The fourth-order valence-corrected chi connectivity index (χ4v) is 9.00. The summed E-state index contributed by atoms with van der Waals surface area (Å²) in [6.07, 6.45) is -4.52. The lowest BCUT2D eigenvalue weighted by Gasteiger charge is -2.20.